The lowest BCUT2D eigenvalue weighted by Gasteiger charge is -2.19. The van der Waals surface area contributed by atoms with E-state index in [0.717, 1.165) is 30.6 Å². The highest BCUT2D eigenvalue weighted by molar-refractivity contribution is 5.85. The van der Waals surface area contributed by atoms with Gasteiger partial charge in [-0.15, -0.1) is 12.4 Å². The van der Waals surface area contributed by atoms with Gasteiger partial charge in [0.25, 0.3) is 5.56 Å². The van der Waals surface area contributed by atoms with Crippen molar-refractivity contribution in [2.24, 2.45) is 18.9 Å². The highest BCUT2D eigenvalue weighted by atomic mass is 35.5. The average Bonchev–Trinajstić information content (AvgIpc) is 3.35. The Kier molecular flexibility index (Phi) is 7.02. The second kappa shape index (κ2) is 8.83. The standard InChI is InChI=1S/C17H26N4O4.ClH/c1-20-16(24)12(8-18-17(20)25)7-15(23)19-14-10-21(5-2-6-22)9-13(14)11-3-4-11;/h8,11,13-14,22H,2-7,9-10H2,1H3,(H,18,25)(H,19,23);1H/t13-,14+;/m1./s1. The number of nitrogens with zero attached hydrogens (tertiary/aromatic N) is 2. The van der Waals surface area contributed by atoms with Crippen molar-refractivity contribution in [1.82, 2.24) is 19.8 Å². The van der Waals surface area contributed by atoms with E-state index in [9.17, 15) is 14.4 Å². The monoisotopic (exact) mass is 386 g/mol. The molecule has 1 amide bonds. The maximum Gasteiger partial charge on any atom is 0.328 e. The van der Waals surface area contributed by atoms with Crippen molar-refractivity contribution in [3.05, 3.63) is 32.6 Å². The van der Waals surface area contributed by atoms with E-state index in [-0.39, 0.29) is 42.9 Å². The summed E-state index contributed by atoms with van der Waals surface area (Å²) in [5.74, 6) is 0.926. The summed E-state index contributed by atoms with van der Waals surface area (Å²) in [4.78, 5) is 40.6. The van der Waals surface area contributed by atoms with Crippen LogP contribution in [0.4, 0.5) is 0 Å². The van der Waals surface area contributed by atoms with Crippen LogP contribution in [0, 0.1) is 11.8 Å². The molecule has 0 unspecified atom stereocenters. The number of hydrogen-bond donors (Lipinski definition) is 3. The van der Waals surface area contributed by atoms with E-state index in [4.69, 9.17) is 5.11 Å². The Hall–Kier alpha value is -1.64. The van der Waals surface area contributed by atoms with Crippen LogP contribution in [0.3, 0.4) is 0 Å². The normalized spacial score (nSPS) is 22.8. The molecule has 146 valence electrons. The lowest BCUT2D eigenvalue weighted by Crippen LogP contribution is -2.43. The van der Waals surface area contributed by atoms with Gasteiger partial charge in [-0.25, -0.2) is 4.79 Å². The van der Waals surface area contributed by atoms with E-state index in [1.165, 1.54) is 26.1 Å². The Morgan fingerprint density at radius 2 is 2.08 bits per heavy atom. The highest BCUT2D eigenvalue weighted by Gasteiger charge is 2.42. The Labute approximate surface area is 158 Å². The Morgan fingerprint density at radius 3 is 2.73 bits per heavy atom. The number of likely N-dealkylation sites (tertiary alicyclic amines) is 1. The predicted molar refractivity (Wildman–Crippen MR) is 99.5 cm³/mol. The van der Waals surface area contributed by atoms with Crippen molar-refractivity contribution in [2.75, 3.05) is 26.2 Å². The Balaban J connectivity index is 0.00000243. The van der Waals surface area contributed by atoms with Gasteiger partial charge in [0.1, 0.15) is 0 Å². The minimum atomic E-state index is -0.488. The van der Waals surface area contributed by atoms with E-state index in [1.807, 2.05) is 0 Å². The number of aliphatic hydroxyl groups excluding tert-OH is 1. The minimum absolute atomic E-state index is 0. The molecule has 3 N–H and O–H groups in total. The summed E-state index contributed by atoms with van der Waals surface area (Å²) >= 11 is 0. The molecule has 0 radical (unpaired) electrons. The zero-order chi connectivity index (χ0) is 18.0. The van der Waals surface area contributed by atoms with Crippen molar-refractivity contribution in [2.45, 2.75) is 31.7 Å². The van der Waals surface area contributed by atoms with Crippen LogP contribution in [0.15, 0.2) is 15.8 Å². The zero-order valence-electron chi connectivity index (χ0n) is 14.9. The number of rotatable bonds is 7. The summed E-state index contributed by atoms with van der Waals surface area (Å²) in [6, 6.07) is 0.0882. The van der Waals surface area contributed by atoms with Gasteiger partial charge in [0.05, 0.1) is 6.42 Å². The number of H-pyrrole nitrogens is 1. The molecule has 1 aliphatic carbocycles. The molecule has 9 heteroatoms. The van der Waals surface area contributed by atoms with Crippen molar-refractivity contribution in [3.8, 4) is 0 Å². The SMILES string of the molecule is Cl.Cn1c(=O)[nH]cc(CC(=O)N[C@H]2CN(CCCO)C[C@@H]2C2CC2)c1=O. The molecule has 3 rings (SSSR count). The molecule has 1 saturated heterocycles. The van der Waals surface area contributed by atoms with Crippen LogP contribution < -0.4 is 16.6 Å². The smallest absolute Gasteiger partial charge is 0.328 e. The van der Waals surface area contributed by atoms with Crippen LogP contribution >= 0.6 is 12.4 Å². The number of amides is 1. The van der Waals surface area contributed by atoms with Crippen molar-refractivity contribution >= 4 is 18.3 Å². The molecule has 2 aliphatic rings. The van der Waals surface area contributed by atoms with Crippen LogP contribution in [0.25, 0.3) is 0 Å². The summed E-state index contributed by atoms with van der Waals surface area (Å²) < 4.78 is 0.974. The zero-order valence-corrected chi connectivity index (χ0v) is 15.8. The lowest BCUT2D eigenvalue weighted by atomic mass is 9.98. The van der Waals surface area contributed by atoms with Crippen LogP contribution in [0.1, 0.15) is 24.8 Å². The number of aromatic amines is 1. The quantitative estimate of drug-likeness (QED) is 0.571. The molecule has 26 heavy (non-hydrogen) atoms. The number of aliphatic hydroxyl groups is 1. The van der Waals surface area contributed by atoms with E-state index in [1.54, 1.807) is 0 Å². The van der Waals surface area contributed by atoms with Gasteiger partial charge in [-0.2, -0.15) is 0 Å². The molecule has 1 aromatic rings. The molecule has 1 aromatic heterocycles. The Bertz CT molecular complexity index is 743. The van der Waals surface area contributed by atoms with Gasteiger partial charge in [0.15, 0.2) is 0 Å². The largest absolute Gasteiger partial charge is 0.396 e. The number of aromatic nitrogens is 2. The first-order valence-electron chi connectivity index (χ1n) is 8.89. The fourth-order valence-corrected chi connectivity index (χ4v) is 3.72. The number of halogens is 1. The van der Waals surface area contributed by atoms with E-state index in [0.29, 0.717) is 11.8 Å². The van der Waals surface area contributed by atoms with Gasteiger partial charge in [-0.05, 0) is 31.1 Å². The van der Waals surface area contributed by atoms with E-state index in [2.05, 4.69) is 15.2 Å². The maximum absolute atomic E-state index is 12.4. The van der Waals surface area contributed by atoms with E-state index < -0.39 is 11.2 Å². The fourth-order valence-electron chi connectivity index (χ4n) is 3.72. The first kappa shape index (κ1) is 20.7. The summed E-state index contributed by atoms with van der Waals surface area (Å²) in [6.07, 6.45) is 4.46. The molecule has 0 bridgehead atoms. The predicted octanol–water partition coefficient (Wildman–Crippen LogP) is -0.753. The van der Waals surface area contributed by atoms with Gasteiger partial charge in [-0.1, -0.05) is 0 Å². The molecule has 8 nitrogen and oxygen atoms in total. The van der Waals surface area contributed by atoms with Crippen LogP contribution in [0.2, 0.25) is 0 Å². The van der Waals surface area contributed by atoms with Gasteiger partial charge in [0.2, 0.25) is 5.91 Å². The third-order valence-electron chi connectivity index (χ3n) is 5.25. The molecule has 1 aliphatic heterocycles. The summed E-state index contributed by atoms with van der Waals surface area (Å²) in [7, 11) is 1.39. The first-order valence-corrected chi connectivity index (χ1v) is 8.89. The minimum Gasteiger partial charge on any atom is -0.396 e. The molecule has 2 fully saturated rings. The van der Waals surface area contributed by atoms with E-state index >= 15 is 0 Å². The molecular weight excluding hydrogens is 360 g/mol. The summed E-state index contributed by atoms with van der Waals surface area (Å²) in [5, 5.41) is 12.1. The van der Waals surface area contributed by atoms with Gasteiger partial charge >= 0.3 is 5.69 Å². The molecule has 0 spiro atoms. The van der Waals surface area contributed by atoms with Gasteiger partial charge in [-0.3, -0.25) is 14.2 Å². The van der Waals surface area contributed by atoms with Crippen molar-refractivity contribution in [1.29, 1.82) is 0 Å². The highest BCUT2D eigenvalue weighted by Crippen LogP contribution is 2.41. The number of nitrogens with one attached hydrogen (secondary N) is 2. The summed E-state index contributed by atoms with van der Waals surface area (Å²) in [6.45, 7) is 2.76. The van der Waals surface area contributed by atoms with Crippen LogP contribution in [-0.2, 0) is 18.3 Å². The Morgan fingerprint density at radius 1 is 1.35 bits per heavy atom. The molecule has 2 heterocycles. The number of carbonyl (C=O) groups excluding carboxylic acids is 1. The van der Waals surface area contributed by atoms with Crippen molar-refractivity contribution < 1.29 is 9.90 Å². The van der Waals surface area contributed by atoms with Crippen molar-refractivity contribution in [3.63, 3.8) is 0 Å². The maximum atomic E-state index is 12.4. The average molecular weight is 387 g/mol. The number of carbonyl (C=O) groups is 1. The van der Waals surface area contributed by atoms with Crippen LogP contribution in [-0.4, -0.2) is 57.7 Å². The number of hydrogen-bond acceptors (Lipinski definition) is 5. The summed E-state index contributed by atoms with van der Waals surface area (Å²) in [5.41, 5.74) is -0.635. The molecule has 1 saturated carbocycles. The van der Waals surface area contributed by atoms with Gasteiger partial charge in [0, 0.05) is 51.1 Å². The topological polar surface area (TPSA) is 107 Å². The second-order valence-corrected chi connectivity index (χ2v) is 7.17. The molecule has 2 atom stereocenters. The molecular formula is C17H27ClN4O4. The first-order chi connectivity index (χ1) is 12.0. The third kappa shape index (κ3) is 4.75. The third-order valence-corrected chi connectivity index (χ3v) is 5.25. The fraction of sp³-hybridized carbons (Fsp3) is 0.706. The second-order valence-electron chi connectivity index (χ2n) is 7.17. The van der Waals surface area contributed by atoms with Gasteiger partial charge < -0.3 is 20.3 Å². The lowest BCUT2D eigenvalue weighted by molar-refractivity contribution is -0.121. The molecule has 0 aromatic carbocycles. The van der Waals surface area contributed by atoms with Crippen LogP contribution in [0.5, 0.6) is 0 Å².